The van der Waals surface area contributed by atoms with Gasteiger partial charge in [-0.15, -0.1) is 5.10 Å². The van der Waals surface area contributed by atoms with E-state index in [-0.39, 0.29) is 23.4 Å². The average molecular weight is 509 g/mol. The predicted octanol–water partition coefficient (Wildman–Crippen LogP) is 3.62. The summed E-state index contributed by atoms with van der Waals surface area (Å²) >= 11 is 0. The van der Waals surface area contributed by atoms with Crippen LogP contribution in [-0.4, -0.2) is 60.2 Å². The van der Waals surface area contributed by atoms with Crippen LogP contribution in [0.1, 0.15) is 38.2 Å². The molecular formula is C28H28N8O2. The summed E-state index contributed by atoms with van der Waals surface area (Å²) < 4.78 is 0. The Morgan fingerprint density at radius 1 is 1.16 bits per heavy atom. The molecule has 3 aliphatic heterocycles. The van der Waals surface area contributed by atoms with E-state index in [1.807, 2.05) is 24.3 Å². The lowest BCUT2D eigenvalue weighted by molar-refractivity contribution is -0.126. The first-order chi connectivity index (χ1) is 18.6. The fourth-order valence-electron chi connectivity index (χ4n) is 5.68. The van der Waals surface area contributed by atoms with Gasteiger partial charge in [0.2, 0.25) is 0 Å². The molecule has 1 amide bonds. The van der Waals surface area contributed by atoms with Crippen LogP contribution >= 0.6 is 0 Å². The molecule has 0 radical (unpaired) electrons. The number of unbranched alkanes of at least 4 members (excludes halogenated alkanes) is 1. The molecule has 10 nitrogen and oxygen atoms in total. The Kier molecular flexibility index (Phi) is 6.04. The second-order valence-electron chi connectivity index (χ2n) is 9.87. The summed E-state index contributed by atoms with van der Waals surface area (Å²) in [5.74, 6) is 0.132. The molecule has 0 fully saturated rings. The molecule has 192 valence electrons. The lowest BCUT2D eigenvalue weighted by atomic mass is 9.98. The van der Waals surface area contributed by atoms with Gasteiger partial charge in [0, 0.05) is 24.2 Å². The molecule has 3 N–H and O–H groups in total. The first-order valence-corrected chi connectivity index (χ1v) is 12.9. The van der Waals surface area contributed by atoms with Crippen molar-refractivity contribution >= 4 is 5.91 Å². The number of H-pyrrole nitrogens is 1. The van der Waals surface area contributed by atoms with Crippen LogP contribution in [0.15, 0.2) is 71.3 Å². The number of aliphatic hydroxyl groups excluding tert-OH is 1. The lowest BCUT2D eigenvalue weighted by Crippen LogP contribution is -2.43. The fourth-order valence-corrected chi connectivity index (χ4v) is 5.68. The van der Waals surface area contributed by atoms with Crippen LogP contribution in [0.4, 0.5) is 0 Å². The number of nitrogens with zero attached hydrogens (tertiary/aromatic N) is 6. The van der Waals surface area contributed by atoms with Gasteiger partial charge in [0.1, 0.15) is 11.8 Å². The molecule has 10 heteroatoms. The molecule has 3 aliphatic rings. The first kappa shape index (κ1) is 23.7. The predicted molar refractivity (Wildman–Crippen MR) is 139 cm³/mol. The highest BCUT2D eigenvalue weighted by atomic mass is 16.3. The molecule has 38 heavy (non-hydrogen) atoms. The van der Waals surface area contributed by atoms with Gasteiger partial charge in [0.05, 0.1) is 24.4 Å². The number of aromatic amines is 1. The van der Waals surface area contributed by atoms with Gasteiger partial charge in [-0.25, -0.2) is 5.10 Å². The monoisotopic (exact) mass is 508 g/mol. The van der Waals surface area contributed by atoms with Crippen molar-refractivity contribution in [1.82, 2.24) is 35.7 Å². The second-order valence-corrected chi connectivity index (χ2v) is 9.87. The number of fused-ring (bicyclic) bond motifs is 1. The minimum atomic E-state index is -0.464. The number of aliphatic hydroxyl groups is 1. The lowest BCUT2D eigenvalue weighted by Gasteiger charge is -2.34. The number of rotatable bonds is 7. The van der Waals surface area contributed by atoms with Crippen LogP contribution in [0.5, 0.6) is 0 Å². The van der Waals surface area contributed by atoms with Crippen LogP contribution in [0.2, 0.25) is 0 Å². The van der Waals surface area contributed by atoms with Crippen molar-refractivity contribution in [2.24, 2.45) is 0 Å². The zero-order valence-corrected chi connectivity index (χ0v) is 21.1. The van der Waals surface area contributed by atoms with E-state index in [2.05, 4.69) is 68.1 Å². The molecule has 2 unspecified atom stereocenters. The van der Waals surface area contributed by atoms with Gasteiger partial charge >= 0.3 is 0 Å². The molecule has 0 saturated carbocycles. The third kappa shape index (κ3) is 3.96. The van der Waals surface area contributed by atoms with Crippen molar-refractivity contribution in [3.63, 3.8) is 0 Å². The zero-order valence-electron chi connectivity index (χ0n) is 21.1. The summed E-state index contributed by atoms with van der Waals surface area (Å²) in [7, 11) is 0. The highest BCUT2D eigenvalue weighted by molar-refractivity contribution is 6.01. The topological polar surface area (TPSA) is 134 Å². The fraction of sp³-hybridized carbons (Fsp3) is 0.321. The van der Waals surface area contributed by atoms with Gasteiger partial charge in [-0.1, -0.05) is 61.9 Å². The van der Waals surface area contributed by atoms with Gasteiger partial charge in [0.25, 0.3) is 5.91 Å². The van der Waals surface area contributed by atoms with E-state index in [9.17, 15) is 15.2 Å². The van der Waals surface area contributed by atoms with Crippen molar-refractivity contribution in [2.45, 2.75) is 51.4 Å². The third-order valence-corrected chi connectivity index (χ3v) is 7.64. The van der Waals surface area contributed by atoms with Gasteiger partial charge < -0.3 is 20.2 Å². The standard InChI is InChI=1S/C28H28N8O2/c1-2-3-8-25-30-22-13-23-26(37)21(14-29)28(38)36(23)16-24(22)35(25)15-17-9-11-18(12-10-17)19-6-4-5-7-20(19)27-31-33-34-32-27/h4-7,9-12,23,25,30,37H,2-3,8,13,15-16H2,1H3,(H,31,32,33,34). The number of carbonyl (C=O) groups excluding carboxylic acids is 1. The Bertz CT molecular complexity index is 1470. The smallest absolute Gasteiger partial charge is 0.269 e. The van der Waals surface area contributed by atoms with Crippen molar-refractivity contribution in [3.05, 3.63) is 76.8 Å². The van der Waals surface area contributed by atoms with Crippen molar-refractivity contribution in [1.29, 1.82) is 5.26 Å². The van der Waals surface area contributed by atoms with E-state index in [4.69, 9.17) is 0 Å². The minimum Gasteiger partial charge on any atom is -0.508 e. The minimum absolute atomic E-state index is 0.105. The number of aromatic nitrogens is 4. The van der Waals surface area contributed by atoms with Gasteiger partial charge in [-0.2, -0.15) is 5.26 Å². The Labute approximate surface area is 220 Å². The Balaban J connectivity index is 1.26. The van der Waals surface area contributed by atoms with Crippen LogP contribution < -0.4 is 5.32 Å². The quantitative estimate of drug-likeness (QED) is 0.441. The summed E-state index contributed by atoms with van der Waals surface area (Å²) in [4.78, 5) is 16.8. The largest absolute Gasteiger partial charge is 0.508 e. The van der Waals surface area contributed by atoms with Crippen LogP contribution in [0.3, 0.4) is 0 Å². The van der Waals surface area contributed by atoms with E-state index in [0.717, 1.165) is 52.9 Å². The Morgan fingerprint density at radius 2 is 1.95 bits per heavy atom. The number of tetrazole rings is 1. The molecule has 2 aromatic carbocycles. The zero-order chi connectivity index (χ0) is 26.2. The molecule has 1 aromatic heterocycles. The normalized spacial score (nSPS) is 20.5. The number of benzene rings is 2. The highest BCUT2D eigenvalue weighted by Crippen LogP contribution is 2.39. The molecule has 0 bridgehead atoms. The highest BCUT2D eigenvalue weighted by Gasteiger charge is 2.46. The van der Waals surface area contributed by atoms with Crippen molar-refractivity contribution in [2.75, 3.05) is 6.54 Å². The molecule has 0 aliphatic carbocycles. The Morgan fingerprint density at radius 3 is 2.66 bits per heavy atom. The summed E-state index contributed by atoms with van der Waals surface area (Å²) in [6.07, 6.45) is 3.76. The molecule has 4 heterocycles. The number of carbonyl (C=O) groups is 1. The van der Waals surface area contributed by atoms with E-state index in [0.29, 0.717) is 25.3 Å². The van der Waals surface area contributed by atoms with Crippen molar-refractivity contribution < 1.29 is 9.90 Å². The van der Waals surface area contributed by atoms with Crippen LogP contribution in [-0.2, 0) is 11.3 Å². The summed E-state index contributed by atoms with van der Waals surface area (Å²) in [5, 5.41) is 37.9. The number of nitrogens with one attached hydrogen (secondary N) is 2. The maximum Gasteiger partial charge on any atom is 0.269 e. The van der Waals surface area contributed by atoms with Gasteiger partial charge in [0.15, 0.2) is 11.4 Å². The number of hydrogen-bond donors (Lipinski definition) is 3. The van der Waals surface area contributed by atoms with E-state index in [1.54, 1.807) is 4.90 Å². The average Bonchev–Trinajstić information content (AvgIpc) is 3.65. The van der Waals surface area contributed by atoms with Crippen LogP contribution in [0.25, 0.3) is 22.5 Å². The Hall–Kier alpha value is -4.65. The van der Waals surface area contributed by atoms with Crippen LogP contribution in [0, 0.1) is 11.3 Å². The number of amides is 1. The molecule has 0 saturated heterocycles. The molecular weight excluding hydrogens is 480 g/mol. The molecule has 0 spiro atoms. The first-order valence-electron chi connectivity index (χ1n) is 12.9. The van der Waals surface area contributed by atoms with E-state index >= 15 is 0 Å². The van der Waals surface area contributed by atoms with E-state index in [1.165, 1.54) is 0 Å². The third-order valence-electron chi connectivity index (χ3n) is 7.64. The number of hydrogen-bond acceptors (Lipinski definition) is 8. The van der Waals surface area contributed by atoms with E-state index < -0.39 is 6.04 Å². The summed E-state index contributed by atoms with van der Waals surface area (Å²) in [5.41, 5.74) is 6.17. The molecule has 3 aromatic rings. The van der Waals surface area contributed by atoms with Gasteiger partial charge in [-0.05, 0) is 40.0 Å². The molecule has 6 rings (SSSR count). The maximum atomic E-state index is 12.8. The summed E-state index contributed by atoms with van der Waals surface area (Å²) in [6, 6.07) is 17.9. The molecule has 2 atom stereocenters. The number of nitriles is 1. The SMILES string of the molecule is CCCCC1NC2=C(CN3C(=O)C(C#N)=C(O)C3C2)N1Cc1ccc(-c2ccccc2-c2nnn[nH]2)cc1. The second kappa shape index (κ2) is 9.67. The van der Waals surface area contributed by atoms with Crippen molar-refractivity contribution in [3.8, 4) is 28.6 Å². The van der Waals surface area contributed by atoms with Gasteiger partial charge in [-0.3, -0.25) is 4.79 Å². The summed E-state index contributed by atoms with van der Waals surface area (Å²) in [6.45, 7) is 3.24. The maximum absolute atomic E-state index is 12.8.